The Morgan fingerprint density at radius 1 is 1.67 bits per heavy atom. The molecule has 0 spiro atoms. The third-order valence-electron chi connectivity index (χ3n) is 3.60. The molecule has 0 bridgehead atoms. The van der Waals surface area contributed by atoms with Gasteiger partial charge >= 0.3 is 5.97 Å². The van der Waals surface area contributed by atoms with E-state index in [9.17, 15) is 4.79 Å². The molecule has 0 saturated carbocycles. The number of morpholine rings is 1. The molecule has 1 fully saturated rings. The van der Waals surface area contributed by atoms with Gasteiger partial charge in [-0.2, -0.15) is 0 Å². The normalized spacial score (nSPS) is 19.8. The smallest absolute Gasteiger partial charge is 0.352 e. The SMILES string of the molecule is CCN1CCOC(c2nc(-c3c[nH]c(C(=O)O)c3)cs2)C1. The molecular formula is C14H17N3O3S. The van der Waals surface area contributed by atoms with Gasteiger partial charge in [0, 0.05) is 30.2 Å². The fraction of sp³-hybridized carbons (Fsp3) is 0.429. The Morgan fingerprint density at radius 2 is 2.52 bits per heavy atom. The quantitative estimate of drug-likeness (QED) is 0.905. The number of H-pyrrole nitrogens is 1. The number of carbonyl (C=O) groups is 1. The summed E-state index contributed by atoms with van der Waals surface area (Å²) in [5, 5.41) is 11.8. The molecule has 1 aliphatic heterocycles. The number of aromatic amines is 1. The van der Waals surface area contributed by atoms with Crippen molar-refractivity contribution in [3.63, 3.8) is 0 Å². The van der Waals surface area contributed by atoms with Crippen LogP contribution in [0.25, 0.3) is 11.3 Å². The molecule has 2 N–H and O–H groups in total. The fourth-order valence-corrected chi connectivity index (χ4v) is 3.24. The molecule has 2 aromatic rings. The molecule has 21 heavy (non-hydrogen) atoms. The summed E-state index contributed by atoms with van der Waals surface area (Å²) < 4.78 is 5.79. The van der Waals surface area contributed by atoms with Crippen molar-refractivity contribution in [1.29, 1.82) is 0 Å². The number of aromatic carboxylic acids is 1. The Labute approximate surface area is 126 Å². The molecule has 0 aromatic carbocycles. The Hall–Kier alpha value is -1.70. The average Bonchev–Trinajstić information content (AvgIpc) is 3.16. The maximum absolute atomic E-state index is 10.9. The van der Waals surface area contributed by atoms with Crippen LogP contribution < -0.4 is 0 Å². The molecule has 1 atom stereocenters. The standard InChI is InChI=1S/C14H17N3O3S/c1-2-17-3-4-20-12(7-17)13-16-11(8-21-13)9-5-10(14(18)19)15-6-9/h5-6,8,12,15H,2-4,7H2,1H3,(H,18,19). The summed E-state index contributed by atoms with van der Waals surface area (Å²) in [6.07, 6.45) is 1.68. The van der Waals surface area contributed by atoms with Gasteiger partial charge in [0.2, 0.25) is 0 Å². The number of carboxylic acid groups (broad SMARTS) is 1. The Balaban J connectivity index is 1.77. The summed E-state index contributed by atoms with van der Waals surface area (Å²) in [5.74, 6) is -0.967. The molecule has 112 valence electrons. The van der Waals surface area contributed by atoms with Crippen molar-refractivity contribution in [3.05, 3.63) is 28.3 Å². The van der Waals surface area contributed by atoms with E-state index in [1.54, 1.807) is 23.6 Å². The third kappa shape index (κ3) is 2.99. The fourth-order valence-electron chi connectivity index (χ4n) is 2.37. The summed E-state index contributed by atoms with van der Waals surface area (Å²) in [7, 11) is 0. The van der Waals surface area contributed by atoms with Gasteiger partial charge in [-0.1, -0.05) is 6.92 Å². The molecule has 1 saturated heterocycles. The predicted octanol–water partition coefficient (Wildman–Crippen LogP) is 2.23. The molecule has 7 heteroatoms. The van der Waals surface area contributed by atoms with Gasteiger partial charge in [0.1, 0.15) is 16.8 Å². The predicted molar refractivity (Wildman–Crippen MR) is 79.7 cm³/mol. The number of rotatable bonds is 4. The van der Waals surface area contributed by atoms with E-state index in [-0.39, 0.29) is 11.8 Å². The molecule has 0 radical (unpaired) electrons. The molecular weight excluding hydrogens is 290 g/mol. The van der Waals surface area contributed by atoms with E-state index in [1.165, 1.54) is 0 Å². The number of nitrogens with zero attached hydrogens (tertiary/aromatic N) is 2. The van der Waals surface area contributed by atoms with Crippen LogP contribution in [-0.2, 0) is 4.74 Å². The van der Waals surface area contributed by atoms with Crippen LogP contribution in [0.4, 0.5) is 0 Å². The molecule has 3 rings (SSSR count). The van der Waals surface area contributed by atoms with Crippen molar-refractivity contribution < 1.29 is 14.6 Å². The minimum absolute atomic E-state index is 0.00957. The first-order valence-corrected chi connectivity index (χ1v) is 7.76. The molecule has 3 heterocycles. The van der Waals surface area contributed by atoms with Gasteiger partial charge in [-0.05, 0) is 12.6 Å². The van der Waals surface area contributed by atoms with Crippen LogP contribution in [0.1, 0.15) is 28.5 Å². The number of likely N-dealkylation sites (N-methyl/N-ethyl adjacent to an activating group) is 1. The average molecular weight is 307 g/mol. The highest BCUT2D eigenvalue weighted by Gasteiger charge is 2.24. The maximum atomic E-state index is 10.9. The number of ether oxygens (including phenoxy) is 1. The number of carboxylic acids is 1. The third-order valence-corrected chi connectivity index (χ3v) is 4.54. The summed E-state index contributed by atoms with van der Waals surface area (Å²) >= 11 is 1.56. The van der Waals surface area contributed by atoms with Gasteiger partial charge in [0.25, 0.3) is 0 Å². The molecule has 1 aliphatic rings. The topological polar surface area (TPSA) is 78.5 Å². The number of thiazole rings is 1. The van der Waals surface area contributed by atoms with E-state index < -0.39 is 5.97 Å². The van der Waals surface area contributed by atoms with Crippen LogP contribution in [0.3, 0.4) is 0 Å². The van der Waals surface area contributed by atoms with Crippen molar-refractivity contribution in [1.82, 2.24) is 14.9 Å². The molecule has 0 aliphatic carbocycles. The van der Waals surface area contributed by atoms with Gasteiger partial charge in [-0.25, -0.2) is 9.78 Å². The zero-order chi connectivity index (χ0) is 14.8. The van der Waals surface area contributed by atoms with E-state index in [1.807, 2.05) is 5.38 Å². The van der Waals surface area contributed by atoms with Gasteiger partial charge in [-0.3, -0.25) is 4.90 Å². The Kier molecular flexibility index (Phi) is 4.05. The van der Waals surface area contributed by atoms with Gasteiger partial charge in [0.05, 0.1) is 12.3 Å². The number of aromatic nitrogens is 2. The highest BCUT2D eigenvalue weighted by Crippen LogP contribution is 2.29. The van der Waals surface area contributed by atoms with Crippen LogP contribution in [0, 0.1) is 0 Å². The van der Waals surface area contributed by atoms with Gasteiger partial charge in [0.15, 0.2) is 0 Å². The summed E-state index contributed by atoms with van der Waals surface area (Å²) in [5.41, 5.74) is 1.75. The van der Waals surface area contributed by atoms with Gasteiger partial charge in [-0.15, -0.1) is 11.3 Å². The second-order valence-corrected chi connectivity index (χ2v) is 5.82. The highest BCUT2D eigenvalue weighted by molar-refractivity contribution is 7.10. The van der Waals surface area contributed by atoms with Crippen LogP contribution in [0.15, 0.2) is 17.6 Å². The Morgan fingerprint density at radius 3 is 3.24 bits per heavy atom. The van der Waals surface area contributed by atoms with Gasteiger partial charge < -0.3 is 14.8 Å². The van der Waals surface area contributed by atoms with Crippen molar-refractivity contribution in [2.75, 3.05) is 26.2 Å². The van der Waals surface area contributed by atoms with Crippen molar-refractivity contribution in [3.8, 4) is 11.3 Å². The number of hydrogen-bond donors (Lipinski definition) is 2. The van der Waals surface area contributed by atoms with Crippen LogP contribution in [0.2, 0.25) is 0 Å². The first-order valence-electron chi connectivity index (χ1n) is 6.89. The van der Waals surface area contributed by atoms with Crippen molar-refractivity contribution in [2.24, 2.45) is 0 Å². The van der Waals surface area contributed by atoms with E-state index >= 15 is 0 Å². The van der Waals surface area contributed by atoms with Crippen molar-refractivity contribution >= 4 is 17.3 Å². The summed E-state index contributed by atoms with van der Waals surface area (Å²) in [4.78, 5) is 20.6. The first kappa shape index (κ1) is 14.2. The molecule has 2 aromatic heterocycles. The minimum atomic E-state index is -0.967. The maximum Gasteiger partial charge on any atom is 0.352 e. The van der Waals surface area contributed by atoms with Crippen molar-refractivity contribution in [2.45, 2.75) is 13.0 Å². The lowest BCUT2D eigenvalue weighted by Gasteiger charge is -2.30. The monoisotopic (exact) mass is 307 g/mol. The molecule has 1 unspecified atom stereocenters. The van der Waals surface area contributed by atoms with Crippen LogP contribution in [-0.4, -0.2) is 52.2 Å². The van der Waals surface area contributed by atoms with E-state index in [4.69, 9.17) is 9.84 Å². The van der Waals surface area contributed by atoms with E-state index in [0.717, 1.165) is 42.5 Å². The van der Waals surface area contributed by atoms with E-state index in [2.05, 4.69) is 21.8 Å². The lowest BCUT2D eigenvalue weighted by Crippen LogP contribution is -2.37. The number of nitrogens with one attached hydrogen (secondary N) is 1. The largest absolute Gasteiger partial charge is 0.477 e. The second-order valence-electron chi connectivity index (χ2n) is 4.93. The molecule has 0 amide bonds. The first-order chi connectivity index (χ1) is 10.2. The molecule has 6 nitrogen and oxygen atoms in total. The lowest BCUT2D eigenvalue weighted by molar-refractivity contribution is -0.0282. The minimum Gasteiger partial charge on any atom is -0.477 e. The summed E-state index contributed by atoms with van der Waals surface area (Å²) in [6.45, 7) is 5.70. The second kappa shape index (κ2) is 5.97. The van der Waals surface area contributed by atoms with E-state index in [0.29, 0.717) is 0 Å². The zero-order valence-corrected chi connectivity index (χ0v) is 12.5. The summed E-state index contributed by atoms with van der Waals surface area (Å²) in [6, 6.07) is 1.60. The Bertz CT molecular complexity index is 637. The zero-order valence-electron chi connectivity index (χ0n) is 11.7. The van der Waals surface area contributed by atoms with Crippen LogP contribution >= 0.6 is 11.3 Å². The number of hydrogen-bond acceptors (Lipinski definition) is 5. The lowest BCUT2D eigenvalue weighted by atomic mass is 10.2. The van der Waals surface area contributed by atoms with Crippen LogP contribution in [0.5, 0.6) is 0 Å². The highest BCUT2D eigenvalue weighted by atomic mass is 32.1.